The van der Waals surface area contributed by atoms with Gasteiger partial charge in [-0.15, -0.1) is 11.6 Å². The zero-order valence-corrected chi connectivity index (χ0v) is 11.0. The van der Waals surface area contributed by atoms with Gasteiger partial charge in [0.2, 0.25) is 0 Å². The molecule has 0 heterocycles. The van der Waals surface area contributed by atoms with Crippen molar-refractivity contribution in [1.29, 1.82) is 0 Å². The number of aliphatic hydroxyl groups is 1. The Labute approximate surface area is 107 Å². The van der Waals surface area contributed by atoms with Gasteiger partial charge in [0.15, 0.2) is 0 Å². The summed E-state index contributed by atoms with van der Waals surface area (Å²) >= 11 is 11.5. The van der Waals surface area contributed by atoms with E-state index in [0.717, 1.165) is 10.6 Å². The van der Waals surface area contributed by atoms with E-state index in [0.29, 0.717) is 6.54 Å². The standard InChI is InChI=1S/C12H17Cl2NO/c1-9(15(2)8-12(16)7-13)10-4-3-5-11(14)6-10/h3-6,9,12,16H,7-8H2,1-2H3. The van der Waals surface area contributed by atoms with E-state index in [1.807, 2.05) is 31.3 Å². The number of halogens is 2. The molecule has 1 aromatic rings. The van der Waals surface area contributed by atoms with Crippen LogP contribution in [0, 0.1) is 0 Å². The van der Waals surface area contributed by atoms with Crippen molar-refractivity contribution in [2.45, 2.75) is 19.1 Å². The van der Waals surface area contributed by atoms with Gasteiger partial charge >= 0.3 is 0 Å². The Morgan fingerprint density at radius 2 is 2.12 bits per heavy atom. The molecule has 0 amide bonds. The maximum Gasteiger partial charge on any atom is 0.0802 e. The third-order valence-electron chi connectivity index (χ3n) is 2.67. The predicted octanol–water partition coefficient (Wildman–Crippen LogP) is 2.93. The van der Waals surface area contributed by atoms with Crippen molar-refractivity contribution in [1.82, 2.24) is 4.90 Å². The summed E-state index contributed by atoms with van der Waals surface area (Å²) in [5, 5.41) is 10.2. The minimum atomic E-state index is -0.492. The number of hydrogen-bond donors (Lipinski definition) is 1. The average molecular weight is 262 g/mol. The molecule has 1 aromatic carbocycles. The number of aliphatic hydroxyl groups excluding tert-OH is 1. The lowest BCUT2D eigenvalue weighted by atomic mass is 10.1. The van der Waals surface area contributed by atoms with Crippen LogP contribution in [-0.2, 0) is 0 Å². The molecule has 0 saturated heterocycles. The molecule has 0 fully saturated rings. The van der Waals surface area contributed by atoms with Gasteiger partial charge in [-0.1, -0.05) is 23.7 Å². The third kappa shape index (κ3) is 3.95. The number of benzene rings is 1. The van der Waals surface area contributed by atoms with Crippen LogP contribution in [0.5, 0.6) is 0 Å². The molecule has 0 spiro atoms. The Morgan fingerprint density at radius 3 is 2.69 bits per heavy atom. The molecule has 2 nitrogen and oxygen atoms in total. The summed E-state index contributed by atoms with van der Waals surface area (Å²) < 4.78 is 0. The monoisotopic (exact) mass is 261 g/mol. The summed E-state index contributed by atoms with van der Waals surface area (Å²) in [6.45, 7) is 2.63. The fourth-order valence-electron chi connectivity index (χ4n) is 1.56. The minimum Gasteiger partial charge on any atom is -0.391 e. The van der Waals surface area contributed by atoms with Gasteiger partial charge in [0.1, 0.15) is 0 Å². The molecule has 2 unspecified atom stereocenters. The lowest BCUT2D eigenvalue weighted by Crippen LogP contribution is -2.32. The normalized spacial score (nSPS) is 15.1. The second kappa shape index (κ2) is 6.45. The second-order valence-electron chi connectivity index (χ2n) is 3.98. The molecule has 4 heteroatoms. The van der Waals surface area contributed by atoms with Gasteiger partial charge in [0.05, 0.1) is 6.10 Å². The molecule has 0 bridgehead atoms. The SMILES string of the molecule is CC(c1cccc(Cl)c1)N(C)CC(O)CCl. The number of hydrogen-bond acceptors (Lipinski definition) is 2. The number of nitrogens with zero attached hydrogens (tertiary/aromatic N) is 1. The van der Waals surface area contributed by atoms with Crippen LogP contribution in [0.25, 0.3) is 0 Å². The molecule has 0 aromatic heterocycles. The maximum absolute atomic E-state index is 9.48. The largest absolute Gasteiger partial charge is 0.391 e. The second-order valence-corrected chi connectivity index (χ2v) is 4.72. The van der Waals surface area contributed by atoms with Crippen molar-refractivity contribution in [3.8, 4) is 0 Å². The van der Waals surface area contributed by atoms with Crippen molar-refractivity contribution in [3.05, 3.63) is 34.9 Å². The van der Waals surface area contributed by atoms with E-state index in [4.69, 9.17) is 23.2 Å². The third-order valence-corrected chi connectivity index (χ3v) is 3.26. The highest BCUT2D eigenvalue weighted by molar-refractivity contribution is 6.30. The van der Waals surface area contributed by atoms with E-state index in [9.17, 15) is 5.11 Å². The fraction of sp³-hybridized carbons (Fsp3) is 0.500. The van der Waals surface area contributed by atoms with Gasteiger partial charge < -0.3 is 5.11 Å². The quantitative estimate of drug-likeness (QED) is 0.825. The van der Waals surface area contributed by atoms with Crippen LogP contribution in [0.1, 0.15) is 18.5 Å². The highest BCUT2D eigenvalue weighted by atomic mass is 35.5. The fourth-order valence-corrected chi connectivity index (χ4v) is 1.86. The molecule has 16 heavy (non-hydrogen) atoms. The Morgan fingerprint density at radius 1 is 1.44 bits per heavy atom. The van der Waals surface area contributed by atoms with E-state index in [2.05, 4.69) is 11.8 Å². The first-order valence-electron chi connectivity index (χ1n) is 5.24. The van der Waals surface area contributed by atoms with Crippen molar-refractivity contribution >= 4 is 23.2 Å². The van der Waals surface area contributed by atoms with Gasteiger partial charge in [-0.2, -0.15) is 0 Å². The van der Waals surface area contributed by atoms with Crippen molar-refractivity contribution in [3.63, 3.8) is 0 Å². The van der Waals surface area contributed by atoms with Crippen LogP contribution in [0.3, 0.4) is 0 Å². The van der Waals surface area contributed by atoms with Crippen molar-refractivity contribution in [2.75, 3.05) is 19.5 Å². The summed E-state index contributed by atoms with van der Waals surface area (Å²) in [6.07, 6.45) is -0.492. The van der Waals surface area contributed by atoms with Crippen LogP contribution >= 0.6 is 23.2 Å². The zero-order valence-electron chi connectivity index (χ0n) is 9.53. The minimum absolute atomic E-state index is 0.205. The van der Waals surface area contributed by atoms with Crippen LogP contribution < -0.4 is 0 Å². The predicted molar refractivity (Wildman–Crippen MR) is 69.2 cm³/mol. The molecule has 0 aliphatic heterocycles. The molecule has 90 valence electrons. The van der Waals surface area contributed by atoms with E-state index in [1.54, 1.807) is 0 Å². The van der Waals surface area contributed by atoms with E-state index in [-0.39, 0.29) is 11.9 Å². The summed E-state index contributed by atoms with van der Waals surface area (Å²) in [5.74, 6) is 0.257. The maximum atomic E-state index is 9.48. The molecule has 0 aliphatic rings. The molecular formula is C12H17Cl2NO. The highest BCUT2D eigenvalue weighted by Gasteiger charge is 2.14. The van der Waals surface area contributed by atoms with Gasteiger partial charge in [-0.25, -0.2) is 0 Å². The summed E-state index contributed by atoms with van der Waals surface area (Å²) in [7, 11) is 1.96. The van der Waals surface area contributed by atoms with Gasteiger partial charge in [0, 0.05) is 23.5 Å². The first-order valence-corrected chi connectivity index (χ1v) is 6.15. The number of rotatable bonds is 5. The number of alkyl halides is 1. The molecule has 1 rings (SSSR count). The first-order chi connectivity index (χ1) is 7.54. The van der Waals surface area contributed by atoms with Crippen molar-refractivity contribution in [2.24, 2.45) is 0 Å². The molecule has 0 aliphatic carbocycles. The van der Waals surface area contributed by atoms with Gasteiger partial charge in [-0.05, 0) is 31.7 Å². The van der Waals surface area contributed by atoms with Gasteiger partial charge in [0.25, 0.3) is 0 Å². The van der Waals surface area contributed by atoms with Crippen molar-refractivity contribution < 1.29 is 5.11 Å². The van der Waals surface area contributed by atoms with E-state index < -0.39 is 6.10 Å². The van der Waals surface area contributed by atoms with Crippen LogP contribution in [0.4, 0.5) is 0 Å². The first kappa shape index (κ1) is 13.8. The summed E-state index contributed by atoms with van der Waals surface area (Å²) in [6, 6.07) is 7.96. The Kier molecular flexibility index (Phi) is 5.56. The molecule has 1 N–H and O–H groups in total. The number of likely N-dealkylation sites (N-methyl/N-ethyl adjacent to an activating group) is 1. The molecule has 0 radical (unpaired) electrons. The zero-order chi connectivity index (χ0) is 12.1. The van der Waals surface area contributed by atoms with Crippen LogP contribution in [0.15, 0.2) is 24.3 Å². The van der Waals surface area contributed by atoms with Crippen LogP contribution in [-0.4, -0.2) is 35.6 Å². The molecule has 2 atom stereocenters. The van der Waals surface area contributed by atoms with Crippen LogP contribution in [0.2, 0.25) is 5.02 Å². The molecular weight excluding hydrogens is 245 g/mol. The Hall–Kier alpha value is -0.280. The Bertz CT molecular complexity index is 333. The summed E-state index contributed by atoms with van der Waals surface area (Å²) in [4.78, 5) is 2.05. The highest BCUT2D eigenvalue weighted by Crippen LogP contribution is 2.21. The lowest BCUT2D eigenvalue weighted by Gasteiger charge is -2.26. The topological polar surface area (TPSA) is 23.5 Å². The van der Waals surface area contributed by atoms with E-state index >= 15 is 0 Å². The molecule has 0 saturated carbocycles. The van der Waals surface area contributed by atoms with Gasteiger partial charge in [-0.3, -0.25) is 4.90 Å². The van der Waals surface area contributed by atoms with E-state index in [1.165, 1.54) is 0 Å². The smallest absolute Gasteiger partial charge is 0.0802 e. The average Bonchev–Trinajstić information content (AvgIpc) is 2.27. The summed E-state index contributed by atoms with van der Waals surface area (Å²) in [5.41, 5.74) is 1.14. The Balaban J connectivity index is 2.66. The lowest BCUT2D eigenvalue weighted by molar-refractivity contribution is 0.124.